The van der Waals surface area contributed by atoms with Crippen molar-refractivity contribution in [3.63, 3.8) is 0 Å². The van der Waals surface area contributed by atoms with Crippen molar-refractivity contribution in [3.05, 3.63) is 59.7 Å². The van der Waals surface area contributed by atoms with Crippen LogP contribution in [0.1, 0.15) is 17.3 Å². The molecule has 27 heavy (non-hydrogen) atoms. The highest BCUT2D eigenvalue weighted by Gasteiger charge is 2.12. The average Bonchev–Trinajstić information content (AvgIpc) is 3.08. The molecule has 1 heterocycles. The Balaban J connectivity index is 1.71. The molecule has 8 heteroatoms. The van der Waals surface area contributed by atoms with E-state index in [1.165, 1.54) is 7.11 Å². The largest absolute Gasteiger partial charge is 0.493 e. The number of amides is 2. The third-order valence-corrected chi connectivity index (χ3v) is 3.82. The van der Waals surface area contributed by atoms with Crippen molar-refractivity contribution in [3.8, 4) is 11.5 Å². The van der Waals surface area contributed by atoms with Crippen molar-refractivity contribution >= 4 is 17.4 Å². The Bertz CT molecular complexity index is 939. The standard InChI is InChI=1S/C19H20N4O4/c1-12-20-18(27-23-12)10-13-6-4-5-7-15(13)22-19(24)21-14-8-9-16(25-2)17(11-14)26-3/h4-9,11H,10H2,1-3H3,(H2,21,22,24). The van der Waals surface area contributed by atoms with Crippen molar-refractivity contribution < 1.29 is 18.8 Å². The molecule has 0 bridgehead atoms. The van der Waals surface area contributed by atoms with Crippen LogP contribution in [0, 0.1) is 6.92 Å². The molecule has 1 aromatic heterocycles. The van der Waals surface area contributed by atoms with Gasteiger partial charge in [0.25, 0.3) is 0 Å². The molecule has 0 saturated heterocycles. The third kappa shape index (κ3) is 4.55. The number of anilines is 2. The van der Waals surface area contributed by atoms with Crippen LogP contribution in [0.4, 0.5) is 16.2 Å². The number of benzene rings is 2. The second-order valence-electron chi connectivity index (χ2n) is 5.72. The van der Waals surface area contributed by atoms with Crippen LogP contribution in [0.2, 0.25) is 0 Å². The second-order valence-corrected chi connectivity index (χ2v) is 5.72. The van der Waals surface area contributed by atoms with Crippen LogP contribution >= 0.6 is 0 Å². The van der Waals surface area contributed by atoms with E-state index in [1.54, 1.807) is 32.2 Å². The van der Waals surface area contributed by atoms with E-state index in [-0.39, 0.29) is 6.03 Å². The minimum Gasteiger partial charge on any atom is -0.493 e. The summed E-state index contributed by atoms with van der Waals surface area (Å²) in [6.45, 7) is 1.76. The number of methoxy groups -OCH3 is 2. The molecule has 0 unspecified atom stereocenters. The highest BCUT2D eigenvalue weighted by molar-refractivity contribution is 6.00. The first-order valence-electron chi connectivity index (χ1n) is 8.26. The van der Waals surface area contributed by atoms with Gasteiger partial charge in [-0.15, -0.1) is 0 Å². The zero-order valence-corrected chi connectivity index (χ0v) is 15.3. The number of aryl methyl sites for hydroxylation is 1. The fraction of sp³-hybridized carbons (Fsp3) is 0.211. The Labute approximate surface area is 156 Å². The summed E-state index contributed by atoms with van der Waals surface area (Å²) in [5.41, 5.74) is 2.10. The molecule has 0 saturated carbocycles. The summed E-state index contributed by atoms with van der Waals surface area (Å²) in [6.07, 6.45) is 0.424. The second kappa shape index (κ2) is 8.22. The van der Waals surface area contributed by atoms with Gasteiger partial charge >= 0.3 is 6.03 Å². The van der Waals surface area contributed by atoms with Gasteiger partial charge in [0.1, 0.15) is 0 Å². The summed E-state index contributed by atoms with van der Waals surface area (Å²) in [5.74, 6) is 2.18. The van der Waals surface area contributed by atoms with E-state index in [9.17, 15) is 4.79 Å². The lowest BCUT2D eigenvalue weighted by Gasteiger charge is -2.13. The zero-order chi connectivity index (χ0) is 19.2. The molecule has 2 aromatic carbocycles. The lowest BCUT2D eigenvalue weighted by atomic mass is 10.1. The highest BCUT2D eigenvalue weighted by Crippen LogP contribution is 2.29. The fourth-order valence-electron chi connectivity index (χ4n) is 2.57. The van der Waals surface area contributed by atoms with Gasteiger partial charge in [-0.05, 0) is 30.7 Å². The summed E-state index contributed by atoms with van der Waals surface area (Å²) in [4.78, 5) is 16.6. The number of aromatic nitrogens is 2. The first kappa shape index (κ1) is 18.2. The van der Waals surface area contributed by atoms with E-state index < -0.39 is 0 Å². The number of rotatable bonds is 6. The van der Waals surface area contributed by atoms with Gasteiger partial charge in [-0.3, -0.25) is 0 Å². The van der Waals surface area contributed by atoms with Crippen molar-refractivity contribution in [1.82, 2.24) is 10.1 Å². The first-order chi connectivity index (χ1) is 13.1. The molecule has 0 spiro atoms. The minimum atomic E-state index is -0.378. The fourth-order valence-corrected chi connectivity index (χ4v) is 2.57. The molecule has 0 fully saturated rings. The lowest BCUT2D eigenvalue weighted by molar-refractivity contribution is 0.262. The Morgan fingerprint density at radius 1 is 1.07 bits per heavy atom. The molecule has 2 amide bonds. The molecule has 140 valence electrons. The number of carbonyl (C=O) groups is 1. The smallest absolute Gasteiger partial charge is 0.323 e. The van der Waals surface area contributed by atoms with Crippen LogP contribution < -0.4 is 20.1 Å². The number of para-hydroxylation sites is 1. The summed E-state index contributed by atoms with van der Waals surface area (Å²) in [5, 5.41) is 9.40. The summed E-state index contributed by atoms with van der Waals surface area (Å²) in [6, 6.07) is 12.2. The Kier molecular flexibility index (Phi) is 5.55. The van der Waals surface area contributed by atoms with E-state index in [1.807, 2.05) is 24.3 Å². The van der Waals surface area contributed by atoms with E-state index >= 15 is 0 Å². The maximum Gasteiger partial charge on any atom is 0.323 e. The third-order valence-electron chi connectivity index (χ3n) is 3.82. The Morgan fingerprint density at radius 3 is 2.56 bits per heavy atom. The normalized spacial score (nSPS) is 10.3. The van der Waals surface area contributed by atoms with Crippen molar-refractivity contribution in [2.75, 3.05) is 24.9 Å². The summed E-state index contributed by atoms with van der Waals surface area (Å²) >= 11 is 0. The van der Waals surface area contributed by atoms with E-state index in [2.05, 4.69) is 20.8 Å². The summed E-state index contributed by atoms with van der Waals surface area (Å²) < 4.78 is 15.6. The number of hydrogen-bond acceptors (Lipinski definition) is 6. The molecule has 0 aliphatic carbocycles. The zero-order valence-electron chi connectivity index (χ0n) is 15.3. The molecule has 3 aromatic rings. The molecular weight excluding hydrogens is 348 g/mol. The van der Waals surface area contributed by atoms with Crippen molar-refractivity contribution in [1.29, 1.82) is 0 Å². The molecular formula is C19H20N4O4. The van der Waals surface area contributed by atoms with E-state index in [0.717, 1.165) is 5.56 Å². The van der Waals surface area contributed by atoms with Crippen LogP contribution in [-0.4, -0.2) is 30.4 Å². The van der Waals surface area contributed by atoms with Crippen LogP contribution in [0.15, 0.2) is 47.0 Å². The molecule has 0 radical (unpaired) electrons. The quantitative estimate of drug-likeness (QED) is 0.689. The van der Waals surface area contributed by atoms with Crippen LogP contribution in [0.3, 0.4) is 0 Å². The van der Waals surface area contributed by atoms with Gasteiger partial charge in [0.2, 0.25) is 5.89 Å². The maximum absolute atomic E-state index is 12.4. The lowest BCUT2D eigenvalue weighted by Crippen LogP contribution is -2.20. The van der Waals surface area contributed by atoms with Gasteiger partial charge in [-0.25, -0.2) is 4.79 Å². The van der Waals surface area contributed by atoms with Gasteiger partial charge in [0.15, 0.2) is 17.3 Å². The summed E-state index contributed by atoms with van der Waals surface area (Å²) in [7, 11) is 3.09. The monoisotopic (exact) mass is 368 g/mol. The molecule has 0 aliphatic rings. The predicted molar refractivity (Wildman–Crippen MR) is 100 cm³/mol. The number of ether oxygens (including phenoxy) is 2. The molecule has 3 rings (SSSR count). The van der Waals surface area contributed by atoms with Crippen LogP contribution in [0.5, 0.6) is 11.5 Å². The number of carbonyl (C=O) groups excluding carboxylic acids is 1. The topological polar surface area (TPSA) is 98.5 Å². The Morgan fingerprint density at radius 2 is 1.85 bits per heavy atom. The highest BCUT2D eigenvalue weighted by atomic mass is 16.5. The number of urea groups is 1. The van der Waals surface area contributed by atoms with Gasteiger partial charge in [-0.1, -0.05) is 23.4 Å². The van der Waals surface area contributed by atoms with Gasteiger partial charge in [-0.2, -0.15) is 4.98 Å². The molecule has 0 aliphatic heterocycles. The van der Waals surface area contributed by atoms with E-state index in [4.69, 9.17) is 14.0 Å². The maximum atomic E-state index is 12.4. The van der Waals surface area contributed by atoms with Crippen molar-refractivity contribution in [2.24, 2.45) is 0 Å². The van der Waals surface area contributed by atoms with Gasteiger partial charge < -0.3 is 24.6 Å². The SMILES string of the molecule is COc1ccc(NC(=O)Nc2ccccc2Cc2nc(C)no2)cc1OC. The first-order valence-corrected chi connectivity index (χ1v) is 8.26. The number of hydrogen-bond donors (Lipinski definition) is 2. The van der Waals surface area contributed by atoms with Gasteiger partial charge in [0.05, 0.1) is 20.6 Å². The average molecular weight is 368 g/mol. The van der Waals surface area contributed by atoms with E-state index in [0.29, 0.717) is 41.0 Å². The van der Waals surface area contributed by atoms with Crippen LogP contribution in [0.25, 0.3) is 0 Å². The number of nitrogens with zero attached hydrogens (tertiary/aromatic N) is 2. The number of nitrogens with one attached hydrogen (secondary N) is 2. The predicted octanol–water partition coefficient (Wildman–Crippen LogP) is 3.63. The van der Waals surface area contributed by atoms with Crippen molar-refractivity contribution in [2.45, 2.75) is 13.3 Å². The van der Waals surface area contributed by atoms with Gasteiger partial charge in [0, 0.05) is 17.4 Å². The molecule has 0 atom stereocenters. The molecule has 8 nitrogen and oxygen atoms in total. The minimum absolute atomic E-state index is 0.378. The molecule has 2 N–H and O–H groups in total. The van der Waals surface area contributed by atoms with Crippen LogP contribution in [-0.2, 0) is 6.42 Å². The Hall–Kier alpha value is -3.55.